The van der Waals surface area contributed by atoms with Crippen LogP contribution in [0.4, 0.5) is 0 Å². The van der Waals surface area contributed by atoms with Crippen molar-refractivity contribution >= 4 is 29.9 Å². The number of aryl methyl sites for hydroxylation is 1. The Bertz CT molecular complexity index is 848. The Morgan fingerprint density at radius 3 is 2.80 bits per heavy atom. The molecule has 0 amide bonds. The van der Waals surface area contributed by atoms with Crippen LogP contribution in [0.5, 0.6) is 0 Å². The standard InChI is InChI=1S/C23H34N6.HI/c1-4-24-23(29-12-10-21(17-29)22-14-26-27(3)15-22)25-13-18(2)28-11-9-19-7-5-6-8-20(19)16-28;/h5-8,14-15,18,21H,4,9-13,16-17H2,1-3H3,(H,24,25);1H. The highest BCUT2D eigenvalue weighted by Gasteiger charge is 2.27. The molecule has 1 aromatic heterocycles. The number of guanidine groups is 1. The zero-order valence-electron chi connectivity index (χ0n) is 18.4. The van der Waals surface area contributed by atoms with Gasteiger partial charge in [-0.25, -0.2) is 0 Å². The molecule has 4 rings (SSSR count). The monoisotopic (exact) mass is 522 g/mol. The van der Waals surface area contributed by atoms with E-state index in [9.17, 15) is 0 Å². The van der Waals surface area contributed by atoms with Gasteiger partial charge in [0.1, 0.15) is 0 Å². The van der Waals surface area contributed by atoms with Gasteiger partial charge in [0.25, 0.3) is 0 Å². The molecule has 0 saturated carbocycles. The van der Waals surface area contributed by atoms with Crippen molar-refractivity contribution in [2.24, 2.45) is 12.0 Å². The van der Waals surface area contributed by atoms with Crippen LogP contribution in [0.2, 0.25) is 0 Å². The van der Waals surface area contributed by atoms with Crippen LogP contribution in [0.25, 0.3) is 0 Å². The Balaban J connectivity index is 0.00000256. The average Bonchev–Trinajstić information content (AvgIpc) is 3.39. The van der Waals surface area contributed by atoms with E-state index >= 15 is 0 Å². The predicted octanol–water partition coefficient (Wildman–Crippen LogP) is 3.24. The van der Waals surface area contributed by atoms with E-state index < -0.39 is 0 Å². The molecule has 1 saturated heterocycles. The minimum Gasteiger partial charge on any atom is -0.357 e. The lowest BCUT2D eigenvalue weighted by Crippen LogP contribution is -2.42. The van der Waals surface area contributed by atoms with Gasteiger partial charge in [0, 0.05) is 57.9 Å². The molecule has 1 N–H and O–H groups in total. The van der Waals surface area contributed by atoms with Gasteiger partial charge in [0.15, 0.2) is 5.96 Å². The molecule has 0 spiro atoms. The van der Waals surface area contributed by atoms with Crippen LogP contribution < -0.4 is 5.32 Å². The SMILES string of the molecule is CCNC(=NCC(C)N1CCc2ccccc2C1)N1CCC(c2cnn(C)c2)C1.I. The van der Waals surface area contributed by atoms with Crippen LogP contribution in [0, 0.1) is 0 Å². The second kappa shape index (κ2) is 10.6. The number of fused-ring (bicyclic) bond motifs is 1. The van der Waals surface area contributed by atoms with Crippen molar-refractivity contribution in [3.8, 4) is 0 Å². The van der Waals surface area contributed by atoms with Gasteiger partial charge in [0.05, 0.1) is 12.7 Å². The molecule has 1 aromatic carbocycles. The third-order valence-corrected chi connectivity index (χ3v) is 6.31. The van der Waals surface area contributed by atoms with Crippen molar-refractivity contribution in [1.82, 2.24) is 24.9 Å². The normalized spacial score (nSPS) is 20.6. The molecular formula is C23H35IN6. The number of rotatable bonds is 5. The first-order valence-electron chi connectivity index (χ1n) is 11.0. The maximum Gasteiger partial charge on any atom is 0.193 e. The fourth-order valence-corrected chi connectivity index (χ4v) is 4.53. The van der Waals surface area contributed by atoms with E-state index in [1.807, 2.05) is 17.9 Å². The first-order chi connectivity index (χ1) is 14.1. The maximum atomic E-state index is 5.03. The van der Waals surface area contributed by atoms with E-state index in [4.69, 9.17) is 4.99 Å². The Hall–Kier alpha value is -1.61. The fourth-order valence-electron chi connectivity index (χ4n) is 4.53. The number of nitrogens with zero attached hydrogens (tertiary/aromatic N) is 5. The van der Waals surface area contributed by atoms with E-state index in [0.717, 1.165) is 58.1 Å². The van der Waals surface area contributed by atoms with Gasteiger partial charge >= 0.3 is 0 Å². The minimum atomic E-state index is 0. The molecule has 1 fully saturated rings. The third-order valence-electron chi connectivity index (χ3n) is 6.31. The lowest BCUT2D eigenvalue weighted by molar-refractivity contribution is 0.195. The number of hydrogen-bond acceptors (Lipinski definition) is 3. The number of likely N-dealkylation sites (tertiary alicyclic amines) is 1. The maximum absolute atomic E-state index is 5.03. The summed E-state index contributed by atoms with van der Waals surface area (Å²) in [5, 5.41) is 7.85. The number of nitrogens with one attached hydrogen (secondary N) is 1. The smallest absolute Gasteiger partial charge is 0.193 e. The molecule has 3 heterocycles. The lowest BCUT2D eigenvalue weighted by Gasteiger charge is -2.33. The second-order valence-corrected chi connectivity index (χ2v) is 8.41. The zero-order chi connectivity index (χ0) is 20.2. The predicted molar refractivity (Wildman–Crippen MR) is 134 cm³/mol. The van der Waals surface area contributed by atoms with Crippen LogP contribution in [-0.2, 0) is 20.0 Å². The van der Waals surface area contributed by atoms with Crippen LogP contribution in [0.3, 0.4) is 0 Å². The molecule has 0 bridgehead atoms. The molecule has 2 aliphatic heterocycles. The summed E-state index contributed by atoms with van der Waals surface area (Å²) < 4.78 is 1.90. The summed E-state index contributed by atoms with van der Waals surface area (Å²) in [6.07, 6.45) is 6.46. The molecule has 2 unspecified atom stereocenters. The van der Waals surface area contributed by atoms with E-state index in [-0.39, 0.29) is 24.0 Å². The highest BCUT2D eigenvalue weighted by atomic mass is 127. The van der Waals surface area contributed by atoms with Crippen molar-refractivity contribution in [2.45, 2.75) is 45.2 Å². The Labute approximate surface area is 197 Å². The summed E-state index contributed by atoms with van der Waals surface area (Å²) in [6, 6.07) is 9.28. The lowest BCUT2D eigenvalue weighted by atomic mass is 9.99. The highest BCUT2D eigenvalue weighted by Crippen LogP contribution is 2.27. The topological polar surface area (TPSA) is 48.7 Å². The van der Waals surface area contributed by atoms with Crippen LogP contribution in [0.1, 0.15) is 42.9 Å². The summed E-state index contributed by atoms with van der Waals surface area (Å²) in [7, 11) is 1.99. The summed E-state index contributed by atoms with van der Waals surface area (Å²) in [5.41, 5.74) is 4.32. The van der Waals surface area contributed by atoms with E-state index in [1.165, 1.54) is 16.7 Å². The number of aromatic nitrogens is 2. The van der Waals surface area contributed by atoms with E-state index in [1.54, 1.807) is 0 Å². The summed E-state index contributed by atoms with van der Waals surface area (Å²) >= 11 is 0. The van der Waals surface area contributed by atoms with Gasteiger partial charge in [-0.05, 0) is 43.4 Å². The van der Waals surface area contributed by atoms with Crippen molar-refractivity contribution in [3.05, 3.63) is 53.3 Å². The van der Waals surface area contributed by atoms with Gasteiger partial charge in [0.2, 0.25) is 0 Å². The molecule has 2 atom stereocenters. The molecular weight excluding hydrogens is 487 g/mol. The van der Waals surface area contributed by atoms with Crippen molar-refractivity contribution < 1.29 is 0 Å². The van der Waals surface area contributed by atoms with Crippen LogP contribution in [-0.4, -0.2) is 64.3 Å². The Morgan fingerprint density at radius 1 is 1.27 bits per heavy atom. The van der Waals surface area contributed by atoms with Crippen molar-refractivity contribution in [2.75, 3.05) is 32.7 Å². The summed E-state index contributed by atoms with van der Waals surface area (Å²) in [6.45, 7) is 10.4. The van der Waals surface area contributed by atoms with Gasteiger partial charge in [-0.2, -0.15) is 5.10 Å². The average molecular weight is 522 g/mol. The summed E-state index contributed by atoms with van der Waals surface area (Å²) in [4.78, 5) is 10.0. The van der Waals surface area contributed by atoms with Gasteiger partial charge < -0.3 is 10.2 Å². The number of benzene rings is 1. The summed E-state index contributed by atoms with van der Waals surface area (Å²) in [5.74, 6) is 1.60. The number of aliphatic imine (C=N–C) groups is 1. The molecule has 0 aliphatic carbocycles. The second-order valence-electron chi connectivity index (χ2n) is 8.41. The van der Waals surface area contributed by atoms with Crippen LogP contribution in [0.15, 0.2) is 41.7 Å². The van der Waals surface area contributed by atoms with Crippen LogP contribution >= 0.6 is 24.0 Å². The van der Waals surface area contributed by atoms with Crippen molar-refractivity contribution in [1.29, 1.82) is 0 Å². The van der Waals surface area contributed by atoms with Gasteiger partial charge in [-0.1, -0.05) is 24.3 Å². The number of halogens is 1. The molecule has 30 heavy (non-hydrogen) atoms. The van der Waals surface area contributed by atoms with E-state index in [0.29, 0.717) is 12.0 Å². The molecule has 6 nitrogen and oxygen atoms in total. The highest BCUT2D eigenvalue weighted by molar-refractivity contribution is 14.0. The molecule has 0 radical (unpaired) electrons. The van der Waals surface area contributed by atoms with Crippen molar-refractivity contribution in [3.63, 3.8) is 0 Å². The first kappa shape index (κ1) is 23.1. The van der Waals surface area contributed by atoms with Gasteiger partial charge in [-0.3, -0.25) is 14.6 Å². The molecule has 7 heteroatoms. The first-order valence-corrected chi connectivity index (χ1v) is 11.0. The van der Waals surface area contributed by atoms with Gasteiger partial charge in [-0.15, -0.1) is 24.0 Å². The zero-order valence-corrected chi connectivity index (χ0v) is 20.8. The minimum absolute atomic E-state index is 0. The van der Waals surface area contributed by atoms with E-state index in [2.05, 4.69) is 64.5 Å². The molecule has 2 aliphatic rings. The Kier molecular flexibility index (Phi) is 8.16. The largest absolute Gasteiger partial charge is 0.357 e. The molecule has 2 aromatic rings. The fraction of sp³-hybridized carbons (Fsp3) is 0.565. The Morgan fingerprint density at radius 2 is 2.07 bits per heavy atom. The molecule has 164 valence electrons. The number of hydrogen-bond donors (Lipinski definition) is 1. The third kappa shape index (κ3) is 5.35. The quantitative estimate of drug-likeness (QED) is 0.372.